The minimum absolute atomic E-state index is 0.132. The molecular formula is C24H38F6O4. The van der Waals surface area contributed by atoms with Crippen LogP contribution in [-0.2, 0) is 19.1 Å². The van der Waals surface area contributed by atoms with Crippen molar-refractivity contribution in [2.75, 3.05) is 0 Å². The van der Waals surface area contributed by atoms with Crippen LogP contribution < -0.4 is 0 Å². The molecule has 34 heavy (non-hydrogen) atoms. The number of hydrogen-bond donors (Lipinski definition) is 0. The van der Waals surface area contributed by atoms with Crippen molar-refractivity contribution in [1.82, 2.24) is 0 Å². The summed E-state index contributed by atoms with van der Waals surface area (Å²) >= 11 is 0. The third kappa shape index (κ3) is 7.03. The summed E-state index contributed by atoms with van der Waals surface area (Å²) in [5, 5.41) is 0. The molecule has 0 spiro atoms. The smallest absolute Gasteiger partial charge is 0.434 e. The third-order valence-electron chi connectivity index (χ3n) is 7.45. The van der Waals surface area contributed by atoms with Crippen molar-refractivity contribution in [2.45, 2.75) is 117 Å². The van der Waals surface area contributed by atoms with Gasteiger partial charge in [-0.1, -0.05) is 48.0 Å². The first-order valence-corrected chi connectivity index (χ1v) is 11.8. The molecule has 2 atom stereocenters. The van der Waals surface area contributed by atoms with Crippen molar-refractivity contribution < 1.29 is 45.4 Å². The fourth-order valence-corrected chi connectivity index (χ4v) is 4.70. The van der Waals surface area contributed by atoms with Crippen LogP contribution in [0.1, 0.15) is 93.4 Å². The Hall–Kier alpha value is -1.48. The van der Waals surface area contributed by atoms with Crippen LogP contribution in [0.2, 0.25) is 0 Å². The van der Waals surface area contributed by atoms with Crippen LogP contribution in [0.25, 0.3) is 0 Å². The second kappa shape index (κ2) is 10.6. The first kappa shape index (κ1) is 30.6. The summed E-state index contributed by atoms with van der Waals surface area (Å²) in [5.74, 6) is -3.85. The molecule has 0 aromatic carbocycles. The summed E-state index contributed by atoms with van der Waals surface area (Å²) in [4.78, 5) is 26.2. The molecule has 0 bridgehead atoms. The van der Waals surface area contributed by atoms with Crippen molar-refractivity contribution in [3.8, 4) is 0 Å². The highest BCUT2D eigenvalue weighted by molar-refractivity contribution is 5.79. The molecule has 1 rings (SSSR count). The molecule has 0 aromatic rings. The average Bonchev–Trinajstić information content (AvgIpc) is 3.13. The first-order chi connectivity index (χ1) is 15.3. The van der Waals surface area contributed by atoms with Crippen LogP contribution >= 0.6 is 0 Å². The third-order valence-corrected chi connectivity index (χ3v) is 7.45. The predicted molar refractivity (Wildman–Crippen MR) is 115 cm³/mol. The van der Waals surface area contributed by atoms with Gasteiger partial charge >= 0.3 is 24.3 Å². The quantitative estimate of drug-likeness (QED) is 0.230. The number of rotatable bonds is 10. The van der Waals surface area contributed by atoms with Gasteiger partial charge < -0.3 is 9.47 Å². The largest absolute Gasteiger partial charge is 0.458 e. The Kier molecular flexibility index (Phi) is 9.56. The van der Waals surface area contributed by atoms with Crippen molar-refractivity contribution in [3.05, 3.63) is 0 Å². The molecule has 200 valence electrons. The molecule has 0 heterocycles. The van der Waals surface area contributed by atoms with E-state index in [1.54, 1.807) is 6.92 Å². The maximum atomic E-state index is 13.5. The Bertz CT molecular complexity index is 693. The van der Waals surface area contributed by atoms with E-state index in [0.717, 1.165) is 6.42 Å². The molecular weight excluding hydrogens is 466 g/mol. The van der Waals surface area contributed by atoms with Gasteiger partial charge in [0.2, 0.25) is 0 Å². The molecule has 0 aliphatic heterocycles. The van der Waals surface area contributed by atoms with Crippen molar-refractivity contribution in [2.24, 2.45) is 22.7 Å². The Balaban J connectivity index is 3.31. The molecule has 1 saturated carbocycles. The van der Waals surface area contributed by atoms with Gasteiger partial charge in [-0.3, -0.25) is 9.59 Å². The maximum absolute atomic E-state index is 13.5. The monoisotopic (exact) mass is 504 g/mol. The van der Waals surface area contributed by atoms with E-state index in [4.69, 9.17) is 4.74 Å². The van der Waals surface area contributed by atoms with Crippen molar-refractivity contribution in [1.29, 1.82) is 0 Å². The molecule has 1 fully saturated rings. The van der Waals surface area contributed by atoms with Crippen molar-refractivity contribution in [3.63, 3.8) is 0 Å². The summed E-state index contributed by atoms with van der Waals surface area (Å²) in [6.07, 6.45) is -13.4. The fraction of sp³-hybridized carbons (Fsp3) is 0.917. The minimum atomic E-state index is -5.81. The van der Waals surface area contributed by atoms with Gasteiger partial charge in [0.1, 0.15) is 5.60 Å². The number of carbonyl (C=O) groups excluding carboxylic acids is 2. The zero-order chi connectivity index (χ0) is 26.8. The highest BCUT2D eigenvalue weighted by Gasteiger charge is 2.61. The van der Waals surface area contributed by atoms with Gasteiger partial charge in [-0.05, 0) is 56.8 Å². The standard InChI is InChI=1S/C24H38F6O4/c1-8-16(17(31)33-18(23(25,26)27)24(28,29)30)22(12-10-11-13-22)34-19(32)21(7,15(3)4)14-20(5,6)9-2/h15-16,18H,8-14H2,1-7H3. The van der Waals surface area contributed by atoms with Crippen LogP contribution in [0.3, 0.4) is 0 Å². The molecule has 0 amide bonds. The molecule has 0 saturated heterocycles. The van der Waals surface area contributed by atoms with E-state index in [9.17, 15) is 35.9 Å². The van der Waals surface area contributed by atoms with E-state index in [1.165, 1.54) is 6.92 Å². The van der Waals surface area contributed by atoms with Gasteiger partial charge in [-0.25, -0.2) is 0 Å². The van der Waals surface area contributed by atoms with Gasteiger partial charge in [0, 0.05) is 0 Å². The first-order valence-electron chi connectivity index (χ1n) is 11.8. The molecule has 2 unspecified atom stereocenters. The topological polar surface area (TPSA) is 52.6 Å². The zero-order valence-corrected chi connectivity index (χ0v) is 21.1. The van der Waals surface area contributed by atoms with Gasteiger partial charge in [-0.15, -0.1) is 0 Å². The van der Waals surface area contributed by atoms with Gasteiger partial charge in [0.05, 0.1) is 11.3 Å². The number of hydrogen-bond acceptors (Lipinski definition) is 4. The summed E-state index contributed by atoms with van der Waals surface area (Å²) in [6, 6.07) is 0. The van der Waals surface area contributed by atoms with E-state index in [-0.39, 0.29) is 30.6 Å². The molecule has 0 aromatic heterocycles. The fourth-order valence-electron chi connectivity index (χ4n) is 4.70. The Labute approximate surface area is 198 Å². The van der Waals surface area contributed by atoms with E-state index in [1.807, 2.05) is 34.6 Å². The van der Waals surface area contributed by atoms with E-state index in [0.29, 0.717) is 19.3 Å². The van der Waals surface area contributed by atoms with E-state index < -0.39 is 47.3 Å². The lowest BCUT2D eigenvalue weighted by Crippen LogP contribution is -2.52. The lowest BCUT2D eigenvalue weighted by atomic mass is 9.67. The molecule has 0 N–H and O–H groups in total. The molecule has 1 aliphatic rings. The maximum Gasteiger partial charge on any atom is 0.434 e. The number of ether oxygens (including phenoxy) is 2. The number of halogens is 6. The minimum Gasteiger partial charge on any atom is -0.458 e. The summed E-state index contributed by atoms with van der Waals surface area (Å²) in [5.41, 5.74) is -2.68. The summed E-state index contributed by atoms with van der Waals surface area (Å²) < 4.78 is 87.8. The van der Waals surface area contributed by atoms with Gasteiger partial charge in [0.25, 0.3) is 6.10 Å². The lowest BCUT2D eigenvalue weighted by Gasteiger charge is -2.43. The predicted octanol–water partition coefficient (Wildman–Crippen LogP) is 7.39. The van der Waals surface area contributed by atoms with Gasteiger partial charge in [-0.2, -0.15) is 26.3 Å². The second-order valence-corrected chi connectivity index (χ2v) is 10.8. The summed E-state index contributed by atoms with van der Waals surface area (Å²) in [7, 11) is 0. The Morgan fingerprint density at radius 1 is 0.912 bits per heavy atom. The SMILES string of the molecule is CCC(C(=O)OC(C(F)(F)F)C(F)(F)F)C1(OC(=O)C(C)(CC(C)(C)CC)C(C)C)CCCC1. The van der Waals surface area contributed by atoms with Gasteiger partial charge in [0.15, 0.2) is 0 Å². The van der Waals surface area contributed by atoms with Crippen LogP contribution in [0.4, 0.5) is 26.3 Å². The highest BCUT2D eigenvalue weighted by Crippen LogP contribution is 2.48. The number of esters is 2. The Morgan fingerprint density at radius 2 is 1.38 bits per heavy atom. The molecule has 4 nitrogen and oxygen atoms in total. The van der Waals surface area contributed by atoms with Crippen LogP contribution in [0.15, 0.2) is 0 Å². The average molecular weight is 505 g/mol. The number of carbonyl (C=O) groups is 2. The van der Waals surface area contributed by atoms with Crippen molar-refractivity contribution >= 4 is 11.9 Å². The highest BCUT2D eigenvalue weighted by atomic mass is 19.4. The molecule has 1 aliphatic carbocycles. The molecule has 10 heteroatoms. The lowest BCUT2D eigenvalue weighted by molar-refractivity contribution is -0.315. The normalized spacial score (nSPS) is 19.7. The second-order valence-electron chi connectivity index (χ2n) is 10.8. The van der Waals surface area contributed by atoms with Crippen LogP contribution in [0, 0.1) is 22.7 Å². The summed E-state index contributed by atoms with van der Waals surface area (Å²) in [6.45, 7) is 12.9. The van der Waals surface area contributed by atoms with E-state index >= 15 is 0 Å². The van der Waals surface area contributed by atoms with Crippen LogP contribution in [0.5, 0.6) is 0 Å². The molecule has 0 radical (unpaired) electrons. The van der Waals surface area contributed by atoms with Crippen LogP contribution in [-0.4, -0.2) is 36.0 Å². The number of alkyl halides is 6. The van der Waals surface area contributed by atoms with E-state index in [2.05, 4.69) is 4.74 Å². The zero-order valence-electron chi connectivity index (χ0n) is 21.1. The Morgan fingerprint density at radius 3 is 1.74 bits per heavy atom.